The van der Waals surface area contributed by atoms with E-state index in [2.05, 4.69) is 4.98 Å². The molecule has 0 bridgehead atoms. The Balaban J connectivity index is 2.62. The van der Waals surface area contributed by atoms with Gasteiger partial charge in [0.1, 0.15) is 0 Å². The second-order valence-electron chi connectivity index (χ2n) is 3.33. The molecule has 0 spiro atoms. The third-order valence-corrected chi connectivity index (χ3v) is 2.25. The molecule has 6 heteroatoms. The van der Waals surface area contributed by atoms with Gasteiger partial charge in [-0.15, -0.1) is 0 Å². The molecule has 0 atom stereocenters. The highest BCUT2D eigenvalue weighted by atomic mass is 19.3. The van der Waals surface area contributed by atoms with Crippen LogP contribution in [0.2, 0.25) is 0 Å². The van der Waals surface area contributed by atoms with E-state index in [0.717, 1.165) is 4.57 Å². The maximum atomic E-state index is 12.3. The fourth-order valence-electron chi connectivity index (χ4n) is 1.62. The van der Waals surface area contributed by atoms with Crippen molar-refractivity contribution >= 4 is 17.1 Å². The zero-order valence-electron chi connectivity index (χ0n) is 8.23. The third kappa shape index (κ3) is 1.73. The summed E-state index contributed by atoms with van der Waals surface area (Å²) in [6.45, 7) is 0. The number of nitrogens with zero attached hydrogens (tertiary/aromatic N) is 2. The predicted octanol–water partition coefficient (Wildman–Crippen LogP) is 1.77. The SMILES string of the molecule is NC(=O)n1cc(CC(F)F)c2ncccc21. The predicted molar refractivity (Wildman–Crippen MR) is 54.4 cm³/mol. The zero-order chi connectivity index (χ0) is 11.7. The van der Waals surface area contributed by atoms with Crippen molar-refractivity contribution in [2.75, 3.05) is 0 Å². The van der Waals surface area contributed by atoms with Gasteiger partial charge >= 0.3 is 6.03 Å². The molecular formula is C10H9F2N3O. The van der Waals surface area contributed by atoms with Crippen LogP contribution in [0.4, 0.5) is 13.6 Å². The zero-order valence-corrected chi connectivity index (χ0v) is 8.23. The smallest absolute Gasteiger partial charge is 0.323 e. The van der Waals surface area contributed by atoms with E-state index in [1.54, 1.807) is 12.1 Å². The summed E-state index contributed by atoms with van der Waals surface area (Å²) in [4.78, 5) is 15.1. The lowest BCUT2D eigenvalue weighted by Gasteiger charge is -1.96. The lowest BCUT2D eigenvalue weighted by atomic mass is 10.2. The van der Waals surface area contributed by atoms with Crippen molar-refractivity contribution in [1.29, 1.82) is 0 Å². The molecule has 0 radical (unpaired) electrons. The second kappa shape index (κ2) is 3.88. The quantitative estimate of drug-likeness (QED) is 0.846. The maximum Gasteiger partial charge on any atom is 0.323 e. The van der Waals surface area contributed by atoms with Crippen LogP contribution in [0.5, 0.6) is 0 Å². The molecular weight excluding hydrogens is 216 g/mol. The van der Waals surface area contributed by atoms with Gasteiger partial charge in [0.15, 0.2) is 0 Å². The lowest BCUT2D eigenvalue weighted by molar-refractivity contribution is 0.149. The Morgan fingerprint density at radius 2 is 2.31 bits per heavy atom. The second-order valence-corrected chi connectivity index (χ2v) is 3.33. The van der Waals surface area contributed by atoms with Crippen molar-refractivity contribution < 1.29 is 13.6 Å². The summed E-state index contributed by atoms with van der Waals surface area (Å²) < 4.78 is 25.7. The minimum absolute atomic E-state index is 0.324. The molecule has 2 rings (SSSR count). The monoisotopic (exact) mass is 225 g/mol. The Hall–Kier alpha value is -1.98. The molecule has 0 fully saturated rings. The third-order valence-electron chi connectivity index (χ3n) is 2.25. The Morgan fingerprint density at radius 1 is 1.56 bits per heavy atom. The number of rotatable bonds is 2. The summed E-state index contributed by atoms with van der Waals surface area (Å²) in [7, 11) is 0. The van der Waals surface area contributed by atoms with Crippen LogP contribution in [0.3, 0.4) is 0 Å². The maximum absolute atomic E-state index is 12.3. The molecule has 0 unspecified atom stereocenters. The van der Waals surface area contributed by atoms with Gasteiger partial charge in [0, 0.05) is 24.4 Å². The van der Waals surface area contributed by atoms with Crippen molar-refractivity contribution in [2.24, 2.45) is 5.73 Å². The fraction of sp³-hybridized carbons (Fsp3) is 0.200. The minimum atomic E-state index is -2.48. The van der Waals surface area contributed by atoms with Gasteiger partial charge in [0.05, 0.1) is 11.0 Å². The van der Waals surface area contributed by atoms with Gasteiger partial charge in [-0.1, -0.05) is 0 Å². The Kier molecular flexibility index (Phi) is 2.55. The number of nitrogens with two attached hydrogens (primary N) is 1. The number of halogens is 2. The van der Waals surface area contributed by atoms with Crippen molar-refractivity contribution in [3.63, 3.8) is 0 Å². The molecule has 2 aromatic rings. The summed E-state index contributed by atoms with van der Waals surface area (Å²) in [5, 5.41) is 0. The summed E-state index contributed by atoms with van der Waals surface area (Å²) in [5.74, 6) is 0. The van der Waals surface area contributed by atoms with E-state index >= 15 is 0 Å². The first-order chi connectivity index (χ1) is 7.59. The van der Waals surface area contributed by atoms with Crippen LogP contribution in [-0.2, 0) is 6.42 Å². The Labute approximate surface area is 89.7 Å². The van der Waals surface area contributed by atoms with E-state index in [1.165, 1.54) is 12.4 Å². The van der Waals surface area contributed by atoms with Gasteiger partial charge in [-0.2, -0.15) is 0 Å². The van der Waals surface area contributed by atoms with Gasteiger partial charge < -0.3 is 5.73 Å². The molecule has 84 valence electrons. The summed E-state index contributed by atoms with van der Waals surface area (Å²) in [6.07, 6.45) is -0.114. The molecule has 2 heterocycles. The van der Waals surface area contributed by atoms with Gasteiger partial charge in [-0.3, -0.25) is 9.55 Å². The summed E-state index contributed by atoms with van der Waals surface area (Å²) in [6, 6.07) is 2.52. The first-order valence-corrected chi connectivity index (χ1v) is 4.62. The molecule has 0 aromatic carbocycles. The van der Waals surface area contributed by atoms with E-state index in [4.69, 9.17) is 5.73 Å². The number of pyridine rings is 1. The normalized spacial score (nSPS) is 11.2. The van der Waals surface area contributed by atoms with E-state index in [1.807, 2.05) is 0 Å². The van der Waals surface area contributed by atoms with Gasteiger partial charge in [0.2, 0.25) is 6.43 Å². The molecule has 0 aliphatic carbocycles. The first-order valence-electron chi connectivity index (χ1n) is 4.62. The van der Waals surface area contributed by atoms with E-state index in [-0.39, 0.29) is 0 Å². The highest BCUT2D eigenvalue weighted by Gasteiger charge is 2.15. The Bertz CT molecular complexity index is 536. The molecule has 2 aromatic heterocycles. The lowest BCUT2D eigenvalue weighted by Crippen LogP contribution is -2.18. The van der Waals surface area contributed by atoms with Crippen LogP contribution in [0.1, 0.15) is 5.56 Å². The summed E-state index contributed by atoms with van der Waals surface area (Å²) >= 11 is 0. The van der Waals surface area contributed by atoms with Crippen molar-refractivity contribution in [3.05, 3.63) is 30.1 Å². The molecule has 0 aliphatic rings. The molecule has 1 amide bonds. The van der Waals surface area contributed by atoms with Crippen molar-refractivity contribution in [1.82, 2.24) is 9.55 Å². The number of hydrogen-bond acceptors (Lipinski definition) is 2. The van der Waals surface area contributed by atoms with Crippen LogP contribution in [0.25, 0.3) is 11.0 Å². The Morgan fingerprint density at radius 3 is 2.94 bits per heavy atom. The van der Waals surface area contributed by atoms with E-state index in [9.17, 15) is 13.6 Å². The number of hydrogen-bond donors (Lipinski definition) is 1. The minimum Gasteiger partial charge on any atom is -0.351 e. The van der Waals surface area contributed by atoms with Gasteiger partial charge in [0.25, 0.3) is 0 Å². The van der Waals surface area contributed by atoms with E-state index in [0.29, 0.717) is 16.6 Å². The average molecular weight is 225 g/mol. The van der Waals surface area contributed by atoms with Crippen LogP contribution < -0.4 is 5.73 Å². The number of carbonyl (C=O) groups is 1. The number of aromatic nitrogens is 2. The number of fused-ring (bicyclic) bond motifs is 1. The standard InChI is InChI=1S/C10H9F2N3O/c11-8(12)4-6-5-15(10(13)16)7-2-1-3-14-9(6)7/h1-3,5,8H,4H2,(H2,13,16). The average Bonchev–Trinajstić information content (AvgIpc) is 2.57. The molecule has 0 aliphatic heterocycles. The number of primary amides is 1. The number of carbonyl (C=O) groups excluding carboxylic acids is 1. The highest BCUT2D eigenvalue weighted by Crippen LogP contribution is 2.20. The molecule has 0 saturated heterocycles. The van der Waals surface area contributed by atoms with Crippen LogP contribution >= 0.6 is 0 Å². The molecule has 0 saturated carbocycles. The topological polar surface area (TPSA) is 60.9 Å². The molecule has 4 nitrogen and oxygen atoms in total. The fourth-order valence-corrected chi connectivity index (χ4v) is 1.62. The number of amides is 1. The largest absolute Gasteiger partial charge is 0.351 e. The van der Waals surface area contributed by atoms with Crippen LogP contribution in [0, 0.1) is 0 Å². The molecule has 2 N–H and O–H groups in total. The van der Waals surface area contributed by atoms with Crippen molar-refractivity contribution in [3.8, 4) is 0 Å². The number of alkyl halides is 2. The van der Waals surface area contributed by atoms with Crippen LogP contribution in [-0.4, -0.2) is 22.0 Å². The van der Waals surface area contributed by atoms with Gasteiger partial charge in [-0.05, 0) is 12.1 Å². The van der Waals surface area contributed by atoms with Crippen LogP contribution in [0.15, 0.2) is 24.5 Å². The molecule has 16 heavy (non-hydrogen) atoms. The summed E-state index contributed by atoms with van der Waals surface area (Å²) in [5.41, 5.74) is 6.30. The van der Waals surface area contributed by atoms with Gasteiger partial charge in [-0.25, -0.2) is 13.6 Å². The first kappa shape index (κ1) is 10.5. The van der Waals surface area contributed by atoms with Crippen molar-refractivity contribution in [2.45, 2.75) is 12.8 Å². The van der Waals surface area contributed by atoms with E-state index < -0.39 is 18.9 Å². The highest BCUT2D eigenvalue weighted by molar-refractivity contribution is 5.90.